The number of alkyl halides is 3. The summed E-state index contributed by atoms with van der Waals surface area (Å²) in [7, 11) is 0. The molecule has 1 fully saturated rings. The average molecular weight is 431 g/mol. The lowest BCUT2D eigenvalue weighted by Gasteiger charge is -2.27. The molecule has 0 spiro atoms. The van der Waals surface area contributed by atoms with E-state index in [0.717, 1.165) is 10.9 Å². The van der Waals surface area contributed by atoms with E-state index in [0.29, 0.717) is 11.3 Å². The normalized spacial score (nSPS) is 21.2. The molecule has 2 heterocycles. The first kappa shape index (κ1) is 21.0. The van der Waals surface area contributed by atoms with Crippen molar-refractivity contribution in [1.82, 2.24) is 4.98 Å². The van der Waals surface area contributed by atoms with Crippen LogP contribution in [0.2, 0.25) is 0 Å². The van der Waals surface area contributed by atoms with Crippen LogP contribution in [0.3, 0.4) is 0 Å². The van der Waals surface area contributed by atoms with Gasteiger partial charge in [-0.2, -0.15) is 13.2 Å². The molecule has 1 aliphatic carbocycles. The third-order valence-electron chi connectivity index (χ3n) is 5.25. The van der Waals surface area contributed by atoms with Crippen LogP contribution in [-0.2, 0) is 9.53 Å². The number of fused-ring (bicyclic) bond motifs is 1. The standard InChI is InChI=1S/C23H20F3NO4/c1-13(2)22(28)31-18-8-7-17(21(18)23(24,25)26)29-16-6-5-14-10-19(30-20(14)11-16)15-4-3-9-27-12-15/h3-6,9-12,17-18,21H,1,7-8H2,2H3. The predicted molar refractivity (Wildman–Crippen MR) is 107 cm³/mol. The SMILES string of the molecule is C=C(C)C(=O)OC1CCC(Oc2ccc3cc(-c4cccnc4)oc3c2)C1C(F)(F)F. The van der Waals surface area contributed by atoms with Crippen LogP contribution in [0, 0.1) is 5.92 Å². The third-order valence-corrected chi connectivity index (χ3v) is 5.25. The molecule has 4 rings (SSSR count). The first-order chi connectivity index (χ1) is 14.7. The molecule has 0 saturated heterocycles. The number of ether oxygens (including phenoxy) is 2. The fourth-order valence-electron chi connectivity index (χ4n) is 3.76. The van der Waals surface area contributed by atoms with Crippen LogP contribution in [0.5, 0.6) is 5.75 Å². The van der Waals surface area contributed by atoms with Gasteiger partial charge in [0.1, 0.15) is 35.2 Å². The fraction of sp³-hybridized carbons (Fsp3) is 0.304. The van der Waals surface area contributed by atoms with E-state index in [4.69, 9.17) is 13.9 Å². The molecule has 3 unspecified atom stereocenters. The Labute approximate surface area is 176 Å². The van der Waals surface area contributed by atoms with Crippen LogP contribution in [0.4, 0.5) is 13.2 Å². The molecule has 1 aromatic carbocycles. The molecule has 3 atom stereocenters. The topological polar surface area (TPSA) is 61.6 Å². The second-order valence-electron chi connectivity index (χ2n) is 7.58. The predicted octanol–water partition coefficient (Wildman–Crippen LogP) is 5.70. The van der Waals surface area contributed by atoms with E-state index >= 15 is 0 Å². The van der Waals surface area contributed by atoms with Crippen molar-refractivity contribution in [3.63, 3.8) is 0 Å². The highest BCUT2D eigenvalue weighted by molar-refractivity contribution is 5.87. The summed E-state index contributed by atoms with van der Waals surface area (Å²) in [5, 5.41) is 0.790. The number of rotatable bonds is 5. The van der Waals surface area contributed by atoms with E-state index in [1.807, 2.05) is 12.1 Å². The molecule has 162 valence electrons. The van der Waals surface area contributed by atoms with Crippen molar-refractivity contribution in [2.24, 2.45) is 5.92 Å². The van der Waals surface area contributed by atoms with Crippen molar-refractivity contribution in [3.05, 3.63) is 60.9 Å². The maximum absolute atomic E-state index is 13.7. The number of carbonyl (C=O) groups excluding carboxylic acids is 1. The number of halogens is 3. The molecule has 0 radical (unpaired) electrons. The van der Waals surface area contributed by atoms with Crippen LogP contribution >= 0.6 is 0 Å². The monoisotopic (exact) mass is 431 g/mol. The van der Waals surface area contributed by atoms with Gasteiger partial charge in [-0.25, -0.2) is 4.79 Å². The quantitative estimate of drug-likeness (QED) is 0.383. The van der Waals surface area contributed by atoms with Gasteiger partial charge in [0.25, 0.3) is 0 Å². The Hall–Kier alpha value is -3.29. The summed E-state index contributed by atoms with van der Waals surface area (Å²) in [5.74, 6) is -1.90. The molecule has 3 aromatic rings. The van der Waals surface area contributed by atoms with Crippen LogP contribution in [0.1, 0.15) is 19.8 Å². The summed E-state index contributed by atoms with van der Waals surface area (Å²) in [4.78, 5) is 15.8. The second kappa shape index (κ2) is 8.09. The minimum Gasteiger partial charge on any atom is -0.489 e. The number of pyridine rings is 1. The minimum absolute atomic E-state index is 0.0537. The maximum Gasteiger partial charge on any atom is 0.398 e. The Morgan fingerprint density at radius 3 is 2.65 bits per heavy atom. The largest absolute Gasteiger partial charge is 0.489 e. The van der Waals surface area contributed by atoms with E-state index in [1.165, 1.54) is 6.92 Å². The summed E-state index contributed by atoms with van der Waals surface area (Å²) in [5.41, 5.74) is 1.33. The smallest absolute Gasteiger partial charge is 0.398 e. The van der Waals surface area contributed by atoms with E-state index < -0.39 is 30.3 Å². The number of nitrogens with zero attached hydrogens (tertiary/aromatic N) is 1. The molecule has 8 heteroatoms. The molecule has 0 bridgehead atoms. The van der Waals surface area contributed by atoms with Crippen molar-refractivity contribution in [2.75, 3.05) is 0 Å². The van der Waals surface area contributed by atoms with E-state index in [2.05, 4.69) is 11.6 Å². The van der Waals surface area contributed by atoms with Gasteiger partial charge < -0.3 is 13.9 Å². The van der Waals surface area contributed by atoms with Crippen molar-refractivity contribution in [1.29, 1.82) is 0 Å². The van der Waals surface area contributed by atoms with Gasteiger partial charge in [0.15, 0.2) is 0 Å². The summed E-state index contributed by atoms with van der Waals surface area (Å²) < 4.78 is 57.8. The summed E-state index contributed by atoms with van der Waals surface area (Å²) in [6, 6.07) is 10.4. The lowest BCUT2D eigenvalue weighted by Crippen LogP contribution is -2.41. The Morgan fingerprint density at radius 2 is 1.97 bits per heavy atom. The van der Waals surface area contributed by atoms with Crippen molar-refractivity contribution in [2.45, 2.75) is 38.1 Å². The first-order valence-corrected chi connectivity index (χ1v) is 9.76. The minimum atomic E-state index is -4.58. The molecule has 31 heavy (non-hydrogen) atoms. The Bertz CT molecular complexity index is 1110. The van der Waals surface area contributed by atoms with Crippen LogP contribution in [0.25, 0.3) is 22.3 Å². The first-order valence-electron chi connectivity index (χ1n) is 9.76. The highest BCUT2D eigenvalue weighted by Crippen LogP contribution is 2.43. The highest BCUT2D eigenvalue weighted by atomic mass is 19.4. The summed E-state index contributed by atoms with van der Waals surface area (Å²) in [6.45, 7) is 4.82. The zero-order valence-electron chi connectivity index (χ0n) is 16.7. The molecular formula is C23H20F3NO4. The van der Waals surface area contributed by atoms with Gasteiger partial charge in [0.2, 0.25) is 0 Å². The number of aromatic nitrogens is 1. The lowest BCUT2D eigenvalue weighted by molar-refractivity contribution is -0.215. The third kappa shape index (κ3) is 4.42. The van der Waals surface area contributed by atoms with Gasteiger partial charge in [-0.3, -0.25) is 4.98 Å². The molecule has 1 saturated carbocycles. The molecule has 0 amide bonds. The number of hydrogen-bond acceptors (Lipinski definition) is 5. The van der Waals surface area contributed by atoms with Gasteiger partial charge in [0.05, 0.1) is 0 Å². The van der Waals surface area contributed by atoms with Crippen molar-refractivity contribution in [3.8, 4) is 17.1 Å². The maximum atomic E-state index is 13.7. The number of benzene rings is 1. The Balaban J connectivity index is 1.56. The van der Waals surface area contributed by atoms with Crippen molar-refractivity contribution >= 4 is 16.9 Å². The Kier molecular flexibility index (Phi) is 5.47. The van der Waals surface area contributed by atoms with Crippen LogP contribution < -0.4 is 4.74 Å². The summed E-state index contributed by atoms with van der Waals surface area (Å²) in [6.07, 6.45) is -3.58. The van der Waals surface area contributed by atoms with E-state index in [9.17, 15) is 18.0 Å². The fourth-order valence-corrected chi connectivity index (χ4v) is 3.76. The number of esters is 1. The highest BCUT2D eigenvalue weighted by Gasteiger charge is 2.55. The molecular weight excluding hydrogens is 411 g/mol. The van der Waals surface area contributed by atoms with Crippen LogP contribution in [-0.4, -0.2) is 29.3 Å². The van der Waals surface area contributed by atoms with E-state index in [-0.39, 0.29) is 24.2 Å². The van der Waals surface area contributed by atoms with Crippen LogP contribution in [0.15, 0.2) is 65.4 Å². The second-order valence-corrected chi connectivity index (χ2v) is 7.58. The van der Waals surface area contributed by atoms with Gasteiger partial charge >= 0.3 is 12.1 Å². The van der Waals surface area contributed by atoms with Gasteiger partial charge in [-0.05, 0) is 50.1 Å². The number of furan rings is 1. The molecule has 0 aliphatic heterocycles. The number of hydrogen-bond donors (Lipinski definition) is 0. The Morgan fingerprint density at radius 1 is 1.19 bits per heavy atom. The molecule has 5 nitrogen and oxygen atoms in total. The molecule has 0 N–H and O–H groups in total. The zero-order chi connectivity index (χ0) is 22.2. The molecule has 1 aliphatic rings. The summed E-state index contributed by atoms with van der Waals surface area (Å²) >= 11 is 0. The van der Waals surface area contributed by atoms with Gasteiger partial charge in [0, 0.05) is 35.0 Å². The van der Waals surface area contributed by atoms with E-state index in [1.54, 1.807) is 36.7 Å². The van der Waals surface area contributed by atoms with Crippen molar-refractivity contribution < 1.29 is 31.9 Å². The number of carbonyl (C=O) groups is 1. The van der Waals surface area contributed by atoms with Gasteiger partial charge in [-0.15, -0.1) is 0 Å². The molecule has 2 aromatic heterocycles. The lowest BCUT2D eigenvalue weighted by atomic mass is 10.0. The average Bonchev–Trinajstić information content (AvgIpc) is 3.32. The van der Waals surface area contributed by atoms with Gasteiger partial charge in [-0.1, -0.05) is 6.58 Å². The zero-order valence-corrected chi connectivity index (χ0v) is 16.7.